The van der Waals surface area contributed by atoms with Gasteiger partial charge in [0.25, 0.3) is 0 Å². The van der Waals surface area contributed by atoms with Crippen molar-refractivity contribution in [2.75, 3.05) is 6.54 Å². The summed E-state index contributed by atoms with van der Waals surface area (Å²) < 4.78 is 3.20. The summed E-state index contributed by atoms with van der Waals surface area (Å²) in [6.45, 7) is 2.93. The fourth-order valence-electron chi connectivity index (χ4n) is 3.88. The van der Waals surface area contributed by atoms with Crippen molar-refractivity contribution in [2.45, 2.75) is 32.4 Å². The second-order valence-electron chi connectivity index (χ2n) is 6.48. The van der Waals surface area contributed by atoms with Crippen molar-refractivity contribution >= 4 is 28.3 Å². The van der Waals surface area contributed by atoms with Crippen LogP contribution in [0.2, 0.25) is 0 Å². The molecule has 25 heavy (non-hydrogen) atoms. The van der Waals surface area contributed by atoms with Gasteiger partial charge in [-0.15, -0.1) is 11.3 Å². The minimum atomic E-state index is -0.143. The fourth-order valence-corrected chi connectivity index (χ4v) is 4.81. The maximum atomic E-state index is 13.0. The summed E-state index contributed by atoms with van der Waals surface area (Å²) in [5.74, 6) is 0.0159. The number of thiophene rings is 1. The molecule has 0 fully saturated rings. The average molecular weight is 355 g/mol. The van der Waals surface area contributed by atoms with Crippen LogP contribution in [-0.4, -0.2) is 26.5 Å². The monoisotopic (exact) mass is 355 g/mol. The number of aromatic nitrogens is 2. The van der Waals surface area contributed by atoms with Crippen molar-refractivity contribution in [3.05, 3.63) is 56.6 Å². The van der Waals surface area contributed by atoms with E-state index >= 15 is 0 Å². The number of para-hydroxylation sites is 2. The minimum Gasteiger partial charge on any atom is -0.334 e. The molecule has 0 aliphatic carbocycles. The van der Waals surface area contributed by atoms with Crippen LogP contribution in [0.25, 0.3) is 11.0 Å². The second-order valence-corrected chi connectivity index (χ2v) is 7.48. The fraction of sp³-hybridized carbons (Fsp3) is 0.368. The molecule has 0 bridgehead atoms. The van der Waals surface area contributed by atoms with E-state index in [1.54, 1.807) is 27.5 Å². The molecule has 130 valence electrons. The van der Waals surface area contributed by atoms with Gasteiger partial charge in [0, 0.05) is 18.5 Å². The third-order valence-corrected chi connectivity index (χ3v) is 6.14. The van der Waals surface area contributed by atoms with Crippen molar-refractivity contribution in [1.82, 2.24) is 14.0 Å². The smallest absolute Gasteiger partial charge is 0.329 e. The normalized spacial score (nSPS) is 17.0. The van der Waals surface area contributed by atoms with Gasteiger partial charge in [0.15, 0.2) is 0 Å². The largest absolute Gasteiger partial charge is 0.334 e. The molecule has 1 atom stereocenters. The summed E-state index contributed by atoms with van der Waals surface area (Å²) in [6, 6.07) is 9.87. The molecule has 5 nitrogen and oxygen atoms in total. The Morgan fingerprint density at radius 2 is 2.00 bits per heavy atom. The van der Waals surface area contributed by atoms with E-state index < -0.39 is 0 Å². The van der Waals surface area contributed by atoms with E-state index in [0.29, 0.717) is 0 Å². The number of carbonyl (C=O) groups excluding carboxylic acids is 1. The van der Waals surface area contributed by atoms with E-state index in [4.69, 9.17) is 0 Å². The first kappa shape index (κ1) is 16.1. The summed E-state index contributed by atoms with van der Waals surface area (Å²) in [4.78, 5) is 28.9. The van der Waals surface area contributed by atoms with Crippen LogP contribution < -0.4 is 5.69 Å². The highest BCUT2D eigenvalue weighted by Crippen LogP contribution is 2.35. The highest BCUT2D eigenvalue weighted by atomic mass is 32.1. The summed E-state index contributed by atoms with van der Waals surface area (Å²) in [5, 5.41) is 2.11. The van der Waals surface area contributed by atoms with Crippen LogP contribution in [0.1, 0.15) is 29.8 Å². The van der Waals surface area contributed by atoms with Crippen LogP contribution in [-0.2, 0) is 24.8 Å². The van der Waals surface area contributed by atoms with Gasteiger partial charge in [-0.1, -0.05) is 19.1 Å². The van der Waals surface area contributed by atoms with E-state index in [9.17, 15) is 9.59 Å². The van der Waals surface area contributed by atoms with Gasteiger partial charge in [-0.05, 0) is 42.0 Å². The maximum absolute atomic E-state index is 13.0. The van der Waals surface area contributed by atoms with Crippen molar-refractivity contribution in [1.29, 1.82) is 0 Å². The topological polar surface area (TPSA) is 47.2 Å². The van der Waals surface area contributed by atoms with E-state index in [1.165, 1.54) is 10.4 Å². The van der Waals surface area contributed by atoms with Crippen LogP contribution in [0, 0.1) is 0 Å². The van der Waals surface area contributed by atoms with Crippen LogP contribution >= 0.6 is 11.3 Å². The molecule has 0 spiro atoms. The van der Waals surface area contributed by atoms with Crippen LogP contribution in [0.15, 0.2) is 40.5 Å². The minimum absolute atomic E-state index is 0.0159. The SMILES string of the molecule is CCC1c2ccsc2CCN1C(=O)Cn1c(=O)n(C)c2ccccc21. The Morgan fingerprint density at radius 3 is 2.76 bits per heavy atom. The number of carbonyl (C=O) groups is 1. The molecule has 1 amide bonds. The first-order valence-electron chi connectivity index (χ1n) is 8.61. The zero-order valence-electron chi connectivity index (χ0n) is 14.4. The Kier molecular flexibility index (Phi) is 4.00. The zero-order chi connectivity index (χ0) is 17.6. The third kappa shape index (κ3) is 2.52. The Labute approximate surface area is 150 Å². The van der Waals surface area contributed by atoms with Gasteiger partial charge >= 0.3 is 5.69 Å². The number of aryl methyl sites for hydroxylation is 1. The number of benzene rings is 1. The maximum Gasteiger partial charge on any atom is 0.329 e. The van der Waals surface area contributed by atoms with Crippen molar-refractivity contribution in [2.24, 2.45) is 7.05 Å². The highest BCUT2D eigenvalue weighted by molar-refractivity contribution is 7.10. The summed E-state index contributed by atoms with van der Waals surface area (Å²) >= 11 is 1.77. The van der Waals surface area contributed by atoms with E-state index in [0.717, 1.165) is 30.4 Å². The van der Waals surface area contributed by atoms with E-state index in [2.05, 4.69) is 18.4 Å². The van der Waals surface area contributed by atoms with Crippen molar-refractivity contribution in [3.8, 4) is 0 Å². The molecule has 0 saturated carbocycles. The van der Waals surface area contributed by atoms with Gasteiger partial charge in [0.2, 0.25) is 5.91 Å². The number of amides is 1. The first-order valence-corrected chi connectivity index (χ1v) is 9.49. The lowest BCUT2D eigenvalue weighted by Gasteiger charge is -2.35. The van der Waals surface area contributed by atoms with Gasteiger partial charge < -0.3 is 4.90 Å². The van der Waals surface area contributed by atoms with E-state index in [-0.39, 0.29) is 24.2 Å². The molecule has 2 aromatic heterocycles. The Bertz CT molecular complexity index is 998. The Hall–Kier alpha value is -2.34. The summed E-state index contributed by atoms with van der Waals surface area (Å²) in [7, 11) is 1.75. The van der Waals surface area contributed by atoms with E-state index in [1.807, 2.05) is 29.2 Å². The molecule has 1 unspecified atom stereocenters. The summed E-state index contributed by atoms with van der Waals surface area (Å²) in [6.07, 6.45) is 1.79. The number of rotatable bonds is 3. The van der Waals surface area contributed by atoms with Gasteiger partial charge in [0.05, 0.1) is 17.1 Å². The van der Waals surface area contributed by atoms with Crippen LogP contribution in [0.3, 0.4) is 0 Å². The molecular weight excluding hydrogens is 334 g/mol. The Morgan fingerprint density at radius 1 is 1.24 bits per heavy atom. The first-order chi connectivity index (χ1) is 12.1. The standard InChI is InChI=1S/C19H21N3O2S/c1-3-14-13-9-11-25-17(13)8-10-21(14)18(23)12-22-16-7-5-4-6-15(16)20(2)19(22)24/h4-7,9,11,14H,3,8,10,12H2,1-2H3. The molecule has 6 heteroatoms. The van der Waals surface area contributed by atoms with Crippen LogP contribution in [0.5, 0.6) is 0 Å². The zero-order valence-corrected chi connectivity index (χ0v) is 15.3. The second kappa shape index (κ2) is 6.19. The van der Waals surface area contributed by atoms with Crippen molar-refractivity contribution < 1.29 is 4.79 Å². The molecule has 1 aliphatic rings. The molecule has 0 N–H and O–H groups in total. The molecule has 4 rings (SSSR count). The highest BCUT2D eigenvalue weighted by Gasteiger charge is 2.30. The molecule has 1 aromatic carbocycles. The lowest BCUT2D eigenvalue weighted by atomic mass is 9.98. The lowest BCUT2D eigenvalue weighted by molar-refractivity contribution is -0.134. The quantitative estimate of drug-likeness (QED) is 0.725. The van der Waals surface area contributed by atoms with Crippen molar-refractivity contribution in [3.63, 3.8) is 0 Å². The molecular formula is C19H21N3O2S. The molecule has 3 aromatic rings. The molecule has 1 aliphatic heterocycles. The average Bonchev–Trinajstić information content (AvgIpc) is 3.20. The predicted octanol–water partition coefficient (Wildman–Crippen LogP) is 2.94. The van der Waals surface area contributed by atoms with Gasteiger partial charge in [0.1, 0.15) is 6.54 Å². The lowest BCUT2D eigenvalue weighted by Crippen LogP contribution is -2.42. The molecule has 0 saturated heterocycles. The Balaban J connectivity index is 1.67. The third-order valence-electron chi connectivity index (χ3n) is 5.15. The number of hydrogen-bond donors (Lipinski definition) is 0. The number of fused-ring (bicyclic) bond motifs is 2. The van der Waals surface area contributed by atoms with Gasteiger partial charge in [-0.3, -0.25) is 13.9 Å². The number of imidazole rings is 1. The van der Waals surface area contributed by atoms with Gasteiger partial charge in [-0.25, -0.2) is 4.79 Å². The molecule has 0 radical (unpaired) electrons. The molecule has 3 heterocycles. The number of nitrogens with zero attached hydrogens (tertiary/aromatic N) is 3. The summed E-state index contributed by atoms with van der Waals surface area (Å²) in [5.41, 5.74) is 2.80. The van der Waals surface area contributed by atoms with Gasteiger partial charge in [-0.2, -0.15) is 0 Å². The van der Waals surface area contributed by atoms with Crippen LogP contribution in [0.4, 0.5) is 0 Å². The predicted molar refractivity (Wildman–Crippen MR) is 99.9 cm³/mol. The number of hydrogen-bond acceptors (Lipinski definition) is 3.